The van der Waals surface area contributed by atoms with Crippen LogP contribution in [0.25, 0.3) is 0 Å². The van der Waals surface area contributed by atoms with Crippen LogP contribution in [0.2, 0.25) is 0 Å². The number of hydrogen-bond donors (Lipinski definition) is 0. The van der Waals surface area contributed by atoms with Gasteiger partial charge in [-0.05, 0) is 24.3 Å². The monoisotopic (exact) mass is 358 g/mol. The molecule has 0 N–H and O–H groups in total. The number of rotatable bonds is 6. The molecule has 1 aliphatic heterocycles. The lowest BCUT2D eigenvalue weighted by atomic mass is 10.1. The Morgan fingerprint density at radius 3 is 2.58 bits per heavy atom. The summed E-state index contributed by atoms with van der Waals surface area (Å²) in [6.45, 7) is 2.10. The number of carbonyl (C=O) groups excluding carboxylic acids is 2. The third-order valence-electron chi connectivity index (χ3n) is 4.87. The fraction of sp³-hybridized carbons (Fsp3) is 0.556. The maximum Gasteiger partial charge on any atom is 0.257 e. The molecule has 8 nitrogen and oxygen atoms in total. The largest absolute Gasteiger partial charge is 0.345 e. The molecule has 0 saturated carbocycles. The molecule has 2 aromatic rings. The van der Waals surface area contributed by atoms with Crippen LogP contribution in [-0.2, 0) is 25.3 Å². The molecule has 0 aromatic carbocycles. The molecule has 0 bridgehead atoms. The number of nitrogens with zero attached hydrogens (tertiary/aromatic N) is 6. The second-order valence-electron chi connectivity index (χ2n) is 7.11. The summed E-state index contributed by atoms with van der Waals surface area (Å²) in [4.78, 5) is 28.5. The number of carbonyl (C=O) groups is 2. The number of likely N-dealkylation sites (tertiary alicyclic amines) is 1. The number of hydrogen-bond acceptors (Lipinski definition) is 4. The van der Waals surface area contributed by atoms with E-state index in [9.17, 15) is 9.59 Å². The molecule has 1 fully saturated rings. The first kappa shape index (κ1) is 18.2. The molecule has 2 aromatic heterocycles. The molecule has 140 valence electrons. The van der Waals surface area contributed by atoms with E-state index in [1.807, 2.05) is 25.2 Å². The van der Waals surface area contributed by atoms with Gasteiger partial charge in [0, 0.05) is 59.6 Å². The molecule has 3 rings (SSSR count). The Labute approximate surface area is 153 Å². The first-order valence-electron chi connectivity index (χ1n) is 8.92. The van der Waals surface area contributed by atoms with Gasteiger partial charge in [-0.1, -0.05) is 0 Å². The molecule has 0 spiro atoms. The van der Waals surface area contributed by atoms with E-state index in [1.165, 1.54) is 0 Å². The molecular weight excluding hydrogens is 332 g/mol. The van der Waals surface area contributed by atoms with Crippen molar-refractivity contribution in [2.24, 2.45) is 20.0 Å². The average Bonchev–Trinajstić information content (AvgIpc) is 3.33. The van der Waals surface area contributed by atoms with Crippen LogP contribution in [0.4, 0.5) is 0 Å². The zero-order valence-electron chi connectivity index (χ0n) is 15.6. The van der Waals surface area contributed by atoms with Crippen molar-refractivity contribution in [2.45, 2.75) is 19.3 Å². The van der Waals surface area contributed by atoms with Crippen molar-refractivity contribution < 1.29 is 9.59 Å². The summed E-state index contributed by atoms with van der Waals surface area (Å²) < 4.78 is 3.38. The zero-order valence-corrected chi connectivity index (χ0v) is 15.6. The summed E-state index contributed by atoms with van der Waals surface area (Å²) in [5.41, 5.74) is 1.69. The van der Waals surface area contributed by atoms with Crippen LogP contribution in [-0.4, -0.2) is 67.9 Å². The minimum absolute atomic E-state index is 0.0196. The lowest BCUT2D eigenvalue weighted by Crippen LogP contribution is -2.34. The second-order valence-corrected chi connectivity index (χ2v) is 7.11. The summed E-state index contributed by atoms with van der Waals surface area (Å²) in [5.74, 6) is 0.472. The fourth-order valence-corrected chi connectivity index (χ4v) is 3.41. The lowest BCUT2D eigenvalue weighted by molar-refractivity contribution is -0.130. The molecule has 0 radical (unpaired) electrons. The van der Waals surface area contributed by atoms with Crippen LogP contribution >= 0.6 is 0 Å². The average molecular weight is 358 g/mol. The maximum absolute atomic E-state index is 12.5. The van der Waals surface area contributed by atoms with Gasteiger partial charge in [0.2, 0.25) is 5.91 Å². The van der Waals surface area contributed by atoms with Gasteiger partial charge in [-0.15, -0.1) is 0 Å². The van der Waals surface area contributed by atoms with Crippen molar-refractivity contribution >= 4 is 11.8 Å². The highest BCUT2D eigenvalue weighted by molar-refractivity contribution is 5.93. The van der Waals surface area contributed by atoms with Gasteiger partial charge in [-0.25, -0.2) is 0 Å². The van der Waals surface area contributed by atoms with Gasteiger partial charge < -0.3 is 9.80 Å². The lowest BCUT2D eigenvalue weighted by Gasteiger charge is -2.21. The van der Waals surface area contributed by atoms with Crippen LogP contribution in [0.3, 0.4) is 0 Å². The smallest absolute Gasteiger partial charge is 0.257 e. The van der Waals surface area contributed by atoms with E-state index in [-0.39, 0.29) is 11.8 Å². The number of amides is 2. The van der Waals surface area contributed by atoms with Gasteiger partial charge in [0.05, 0.1) is 18.0 Å². The molecule has 1 aliphatic rings. The van der Waals surface area contributed by atoms with E-state index >= 15 is 0 Å². The predicted molar refractivity (Wildman–Crippen MR) is 96.4 cm³/mol. The number of aryl methyl sites for hydroxylation is 3. The fourth-order valence-electron chi connectivity index (χ4n) is 3.41. The van der Waals surface area contributed by atoms with Gasteiger partial charge in [0.15, 0.2) is 0 Å². The van der Waals surface area contributed by atoms with Gasteiger partial charge in [-0.3, -0.25) is 19.0 Å². The quantitative estimate of drug-likeness (QED) is 0.762. The molecular formula is C18H26N6O2. The normalized spacial score (nSPS) is 16.9. The molecule has 3 heterocycles. The molecule has 1 unspecified atom stereocenters. The predicted octanol–water partition coefficient (Wildman–Crippen LogP) is 0.707. The zero-order chi connectivity index (χ0) is 18.7. The van der Waals surface area contributed by atoms with E-state index in [0.717, 1.165) is 18.5 Å². The van der Waals surface area contributed by atoms with Crippen LogP contribution in [0.15, 0.2) is 24.8 Å². The highest BCUT2D eigenvalue weighted by Gasteiger charge is 2.29. The topological polar surface area (TPSA) is 76.3 Å². The Morgan fingerprint density at radius 2 is 1.92 bits per heavy atom. The van der Waals surface area contributed by atoms with Crippen LogP contribution in [0.1, 0.15) is 28.8 Å². The van der Waals surface area contributed by atoms with Crippen molar-refractivity contribution in [3.05, 3.63) is 35.9 Å². The first-order chi connectivity index (χ1) is 12.4. The summed E-state index contributed by atoms with van der Waals surface area (Å²) in [7, 11) is 5.52. The Hall–Kier alpha value is -2.64. The molecule has 1 atom stereocenters. The highest BCUT2D eigenvalue weighted by Crippen LogP contribution is 2.19. The summed E-state index contributed by atoms with van der Waals surface area (Å²) >= 11 is 0. The Kier molecular flexibility index (Phi) is 5.39. The first-order valence-corrected chi connectivity index (χ1v) is 8.92. The van der Waals surface area contributed by atoms with E-state index in [1.54, 1.807) is 39.9 Å². The summed E-state index contributed by atoms with van der Waals surface area (Å²) in [6, 6.07) is 0. The Bertz CT molecular complexity index is 780. The third-order valence-corrected chi connectivity index (χ3v) is 4.87. The van der Waals surface area contributed by atoms with Gasteiger partial charge in [-0.2, -0.15) is 10.2 Å². The minimum atomic E-state index is 0.0196. The standard InChI is InChI=1S/C18H26N6O2/c1-21(17(25)5-4-14-8-19-22(2)11-14)10-15-6-7-24(12-15)18(26)16-9-20-23(3)13-16/h8-9,11,13,15H,4-7,10,12H2,1-3H3. The van der Waals surface area contributed by atoms with Crippen LogP contribution < -0.4 is 0 Å². The maximum atomic E-state index is 12.5. The van der Waals surface area contributed by atoms with Crippen molar-refractivity contribution in [2.75, 3.05) is 26.7 Å². The van der Waals surface area contributed by atoms with E-state index in [0.29, 0.717) is 37.4 Å². The Balaban J connectivity index is 1.45. The molecule has 26 heavy (non-hydrogen) atoms. The summed E-state index contributed by atoms with van der Waals surface area (Å²) in [5, 5.41) is 8.18. The van der Waals surface area contributed by atoms with Crippen molar-refractivity contribution in [1.82, 2.24) is 29.4 Å². The Morgan fingerprint density at radius 1 is 1.19 bits per heavy atom. The molecule has 8 heteroatoms. The van der Waals surface area contributed by atoms with Crippen molar-refractivity contribution in [3.63, 3.8) is 0 Å². The van der Waals surface area contributed by atoms with E-state index in [4.69, 9.17) is 0 Å². The van der Waals surface area contributed by atoms with Gasteiger partial charge >= 0.3 is 0 Å². The second kappa shape index (κ2) is 7.72. The van der Waals surface area contributed by atoms with Crippen molar-refractivity contribution in [1.29, 1.82) is 0 Å². The SMILES string of the molecule is CN(CC1CCN(C(=O)c2cnn(C)c2)C1)C(=O)CCc1cnn(C)c1. The molecule has 1 saturated heterocycles. The minimum Gasteiger partial charge on any atom is -0.345 e. The van der Waals surface area contributed by atoms with Crippen LogP contribution in [0.5, 0.6) is 0 Å². The molecule has 2 amide bonds. The van der Waals surface area contributed by atoms with Gasteiger partial charge in [0.1, 0.15) is 0 Å². The summed E-state index contributed by atoms with van der Waals surface area (Å²) in [6.07, 6.45) is 9.18. The molecule has 0 aliphatic carbocycles. The highest BCUT2D eigenvalue weighted by atomic mass is 16.2. The van der Waals surface area contributed by atoms with Gasteiger partial charge in [0.25, 0.3) is 5.91 Å². The van der Waals surface area contributed by atoms with Crippen molar-refractivity contribution in [3.8, 4) is 0 Å². The van der Waals surface area contributed by atoms with Crippen LogP contribution in [0, 0.1) is 5.92 Å². The number of aromatic nitrogens is 4. The third kappa shape index (κ3) is 4.30. The van der Waals surface area contributed by atoms with E-state index in [2.05, 4.69) is 10.2 Å². The van der Waals surface area contributed by atoms with E-state index < -0.39 is 0 Å².